The van der Waals surface area contributed by atoms with E-state index >= 15 is 0 Å². The fourth-order valence-corrected chi connectivity index (χ4v) is 3.67. The summed E-state index contributed by atoms with van der Waals surface area (Å²) in [5.41, 5.74) is 6.28. The van der Waals surface area contributed by atoms with Crippen LogP contribution in [0.4, 0.5) is 5.69 Å². The largest absolute Gasteiger partial charge is 0.497 e. The molecule has 116 valence electrons. The number of nitrogens with one attached hydrogen (secondary N) is 1. The molecule has 0 radical (unpaired) electrons. The van der Waals surface area contributed by atoms with E-state index in [1.165, 1.54) is 7.11 Å². The molecule has 1 fully saturated rings. The number of anilines is 1. The van der Waals surface area contributed by atoms with E-state index in [9.17, 15) is 9.00 Å². The van der Waals surface area contributed by atoms with Crippen molar-refractivity contribution in [3.63, 3.8) is 0 Å². The van der Waals surface area contributed by atoms with Crippen molar-refractivity contribution < 1.29 is 13.7 Å². The van der Waals surface area contributed by atoms with Crippen LogP contribution in [0.3, 0.4) is 0 Å². The van der Waals surface area contributed by atoms with E-state index in [1.807, 2.05) is 0 Å². The highest BCUT2D eigenvalue weighted by Gasteiger charge is 2.26. The molecule has 3 N–H and O–H groups in total. The zero-order valence-electron chi connectivity index (χ0n) is 12.4. The van der Waals surface area contributed by atoms with E-state index in [1.54, 1.807) is 25.1 Å². The van der Waals surface area contributed by atoms with E-state index in [0.29, 0.717) is 16.3 Å². The number of nitrogen functional groups attached to an aromatic ring is 1. The summed E-state index contributed by atoms with van der Waals surface area (Å²) in [5, 5.41) is 2.33. The Morgan fingerprint density at radius 2 is 2.10 bits per heavy atom. The molecule has 2 unspecified atom stereocenters. The van der Waals surface area contributed by atoms with Crippen LogP contribution in [0.15, 0.2) is 23.1 Å². The van der Waals surface area contributed by atoms with Gasteiger partial charge in [0.25, 0.3) is 0 Å². The van der Waals surface area contributed by atoms with Gasteiger partial charge in [0, 0.05) is 11.7 Å². The maximum atomic E-state index is 12.6. The summed E-state index contributed by atoms with van der Waals surface area (Å²) >= 11 is 0. The van der Waals surface area contributed by atoms with E-state index in [0.717, 1.165) is 25.7 Å². The Balaban J connectivity index is 2.09. The average molecular weight is 310 g/mol. The van der Waals surface area contributed by atoms with Gasteiger partial charge in [-0.1, -0.05) is 12.8 Å². The van der Waals surface area contributed by atoms with Gasteiger partial charge in [0.05, 0.1) is 22.8 Å². The van der Waals surface area contributed by atoms with Gasteiger partial charge in [-0.3, -0.25) is 9.00 Å². The first-order valence-corrected chi connectivity index (χ1v) is 8.38. The van der Waals surface area contributed by atoms with E-state index < -0.39 is 16.0 Å². The number of hydrogen-bond acceptors (Lipinski definition) is 4. The molecule has 0 aromatic heterocycles. The molecule has 1 aromatic carbocycles. The third kappa shape index (κ3) is 3.75. The van der Waals surface area contributed by atoms with Gasteiger partial charge in [-0.05, 0) is 38.0 Å². The molecule has 5 nitrogen and oxygen atoms in total. The molecule has 0 saturated heterocycles. The van der Waals surface area contributed by atoms with Crippen LogP contribution in [0.25, 0.3) is 0 Å². The molecule has 21 heavy (non-hydrogen) atoms. The summed E-state index contributed by atoms with van der Waals surface area (Å²) in [6, 6.07) is 5.21. The lowest BCUT2D eigenvalue weighted by atomic mass is 10.2. The van der Waals surface area contributed by atoms with Gasteiger partial charge in [-0.25, -0.2) is 0 Å². The zero-order chi connectivity index (χ0) is 15.4. The van der Waals surface area contributed by atoms with Crippen LogP contribution < -0.4 is 15.8 Å². The van der Waals surface area contributed by atoms with Crippen molar-refractivity contribution in [3.8, 4) is 5.75 Å². The van der Waals surface area contributed by atoms with Gasteiger partial charge in [0.2, 0.25) is 5.91 Å². The number of rotatable bonds is 5. The predicted octanol–water partition coefficient (Wildman–Crippen LogP) is 1.83. The zero-order valence-corrected chi connectivity index (χ0v) is 13.2. The Labute approximate surface area is 127 Å². The summed E-state index contributed by atoms with van der Waals surface area (Å²) in [5.74, 6) is 0.401. The number of amides is 1. The lowest BCUT2D eigenvalue weighted by molar-refractivity contribution is -0.121. The number of benzene rings is 1. The predicted molar refractivity (Wildman–Crippen MR) is 83.7 cm³/mol. The molecule has 1 aliphatic rings. The Morgan fingerprint density at radius 3 is 2.71 bits per heavy atom. The Bertz CT molecular complexity index is 542. The first kappa shape index (κ1) is 15.8. The standard InChI is InChI=1S/C15H22N2O3S/c1-10(15(18)17-11-5-3-4-6-11)21(19)14-9-12(20-2)7-8-13(14)16/h7-11H,3-6,16H2,1-2H3,(H,17,18). The molecule has 6 heteroatoms. The van der Waals surface area contributed by atoms with Crippen LogP contribution in [-0.4, -0.2) is 28.5 Å². The van der Waals surface area contributed by atoms with Crippen LogP contribution in [0.1, 0.15) is 32.6 Å². The maximum Gasteiger partial charge on any atom is 0.236 e. The van der Waals surface area contributed by atoms with E-state index in [-0.39, 0.29) is 11.9 Å². The van der Waals surface area contributed by atoms with Crippen LogP contribution in [0, 0.1) is 0 Å². The Kier molecular flexibility index (Phi) is 5.22. The molecule has 2 atom stereocenters. The lowest BCUT2D eigenvalue weighted by Gasteiger charge is -2.17. The van der Waals surface area contributed by atoms with Gasteiger partial charge < -0.3 is 15.8 Å². The summed E-state index contributed by atoms with van der Waals surface area (Å²) in [6.45, 7) is 1.67. The van der Waals surface area contributed by atoms with E-state index in [2.05, 4.69) is 5.32 Å². The fraction of sp³-hybridized carbons (Fsp3) is 0.533. The number of methoxy groups -OCH3 is 1. The molecule has 0 bridgehead atoms. The minimum Gasteiger partial charge on any atom is -0.497 e. The third-order valence-corrected chi connectivity index (χ3v) is 5.47. The quantitative estimate of drug-likeness (QED) is 0.813. The fourth-order valence-electron chi connectivity index (χ4n) is 2.49. The normalized spacial score (nSPS) is 18.2. The van der Waals surface area contributed by atoms with Crippen LogP contribution in [0.5, 0.6) is 5.75 Å². The SMILES string of the molecule is COc1ccc(N)c(S(=O)C(C)C(=O)NC2CCCC2)c1. The third-order valence-electron chi connectivity index (χ3n) is 3.83. The molecule has 1 saturated carbocycles. The molecular weight excluding hydrogens is 288 g/mol. The summed E-state index contributed by atoms with van der Waals surface area (Å²) in [7, 11) is 0.0374. The highest BCUT2D eigenvalue weighted by atomic mass is 32.2. The summed E-state index contributed by atoms with van der Waals surface area (Å²) < 4.78 is 17.7. The van der Waals surface area contributed by atoms with Gasteiger partial charge in [-0.2, -0.15) is 0 Å². The van der Waals surface area contributed by atoms with E-state index in [4.69, 9.17) is 10.5 Å². The molecular formula is C15H22N2O3S. The van der Waals surface area contributed by atoms with Crippen molar-refractivity contribution in [2.24, 2.45) is 0 Å². The monoisotopic (exact) mass is 310 g/mol. The van der Waals surface area contributed by atoms with Crippen molar-refractivity contribution in [1.29, 1.82) is 0 Å². The minimum absolute atomic E-state index is 0.178. The topological polar surface area (TPSA) is 81.4 Å². The second-order valence-electron chi connectivity index (χ2n) is 5.33. The highest BCUT2D eigenvalue weighted by molar-refractivity contribution is 7.86. The molecule has 1 aliphatic carbocycles. The molecule has 1 aromatic rings. The van der Waals surface area contributed by atoms with Gasteiger partial charge in [0.15, 0.2) is 0 Å². The lowest BCUT2D eigenvalue weighted by Crippen LogP contribution is -2.40. The number of nitrogens with two attached hydrogens (primary N) is 1. The molecule has 0 heterocycles. The van der Waals surface area contributed by atoms with Crippen molar-refractivity contribution >= 4 is 22.4 Å². The summed E-state index contributed by atoms with van der Waals surface area (Å²) in [4.78, 5) is 12.7. The van der Waals surface area contributed by atoms with Crippen molar-refractivity contribution in [3.05, 3.63) is 18.2 Å². The van der Waals surface area contributed by atoms with Crippen LogP contribution in [0.2, 0.25) is 0 Å². The van der Waals surface area contributed by atoms with Crippen LogP contribution in [-0.2, 0) is 15.6 Å². The smallest absolute Gasteiger partial charge is 0.236 e. The van der Waals surface area contributed by atoms with Gasteiger partial charge >= 0.3 is 0 Å². The second-order valence-corrected chi connectivity index (χ2v) is 7.08. The number of hydrogen-bond donors (Lipinski definition) is 2. The minimum atomic E-state index is -1.50. The number of carbonyl (C=O) groups excluding carboxylic acids is 1. The molecule has 0 spiro atoms. The van der Waals surface area contributed by atoms with Gasteiger partial charge in [-0.15, -0.1) is 0 Å². The first-order chi connectivity index (χ1) is 10.0. The number of ether oxygens (including phenoxy) is 1. The second kappa shape index (κ2) is 6.93. The molecule has 2 rings (SSSR count). The maximum absolute atomic E-state index is 12.6. The Hall–Kier alpha value is -1.56. The summed E-state index contributed by atoms with van der Waals surface area (Å²) in [6.07, 6.45) is 4.30. The van der Waals surface area contributed by atoms with Gasteiger partial charge in [0.1, 0.15) is 11.0 Å². The first-order valence-electron chi connectivity index (χ1n) is 7.17. The molecule has 1 amide bonds. The van der Waals surface area contributed by atoms with Crippen molar-refractivity contribution in [2.75, 3.05) is 12.8 Å². The van der Waals surface area contributed by atoms with Crippen molar-refractivity contribution in [2.45, 2.75) is 48.8 Å². The van der Waals surface area contributed by atoms with Crippen molar-refractivity contribution in [1.82, 2.24) is 5.32 Å². The molecule has 0 aliphatic heterocycles. The Morgan fingerprint density at radius 1 is 1.43 bits per heavy atom. The highest BCUT2D eigenvalue weighted by Crippen LogP contribution is 2.25. The van der Waals surface area contributed by atoms with Crippen LogP contribution >= 0.6 is 0 Å². The average Bonchev–Trinajstić information content (AvgIpc) is 2.99. The number of carbonyl (C=O) groups is 1.